The summed E-state index contributed by atoms with van der Waals surface area (Å²) in [5, 5.41) is 5.92. The summed E-state index contributed by atoms with van der Waals surface area (Å²) in [5.74, 6) is 0.805. The molecule has 1 heterocycles. The van der Waals surface area contributed by atoms with E-state index in [1.165, 1.54) is 0 Å². The molecule has 0 aromatic heterocycles. The van der Waals surface area contributed by atoms with Crippen molar-refractivity contribution >= 4 is 11.6 Å². The first-order chi connectivity index (χ1) is 6.84. The highest BCUT2D eigenvalue weighted by molar-refractivity contribution is 6.30. The molecule has 1 aliphatic rings. The van der Waals surface area contributed by atoms with E-state index in [1.54, 1.807) is 0 Å². The van der Waals surface area contributed by atoms with Gasteiger partial charge in [-0.2, -0.15) is 0 Å². The van der Waals surface area contributed by atoms with Crippen LogP contribution in [0.4, 0.5) is 0 Å². The molecule has 0 atom stereocenters. The first kappa shape index (κ1) is 9.77. The second-order valence-electron chi connectivity index (χ2n) is 3.23. The van der Waals surface area contributed by atoms with Crippen molar-refractivity contribution < 1.29 is 4.84 Å². The summed E-state index contributed by atoms with van der Waals surface area (Å²) in [7, 11) is 0. The lowest BCUT2D eigenvalue weighted by Crippen LogP contribution is -2.45. The molecule has 0 aliphatic carbocycles. The Kier molecular flexibility index (Phi) is 3.24. The summed E-state index contributed by atoms with van der Waals surface area (Å²) in [5.41, 5.74) is 0. The van der Waals surface area contributed by atoms with E-state index in [4.69, 9.17) is 16.4 Å². The smallest absolute Gasteiger partial charge is 0.148 e. The van der Waals surface area contributed by atoms with Crippen LogP contribution in [0.25, 0.3) is 0 Å². The molecule has 1 aliphatic heterocycles. The Morgan fingerprint density at radius 1 is 1.29 bits per heavy atom. The van der Waals surface area contributed by atoms with E-state index in [0.29, 0.717) is 5.02 Å². The molecule has 3 nitrogen and oxygen atoms in total. The zero-order valence-electron chi connectivity index (χ0n) is 7.87. The van der Waals surface area contributed by atoms with Crippen LogP contribution in [0.3, 0.4) is 0 Å². The van der Waals surface area contributed by atoms with Crippen molar-refractivity contribution in [3.8, 4) is 5.75 Å². The number of benzene rings is 1. The van der Waals surface area contributed by atoms with Gasteiger partial charge in [0.15, 0.2) is 0 Å². The van der Waals surface area contributed by atoms with Gasteiger partial charge in [-0.1, -0.05) is 17.7 Å². The van der Waals surface area contributed by atoms with Crippen LogP contribution in [-0.2, 0) is 0 Å². The number of nitrogens with one attached hydrogen (secondary N) is 1. The third-order valence-corrected chi connectivity index (χ3v) is 2.34. The molecule has 1 N–H and O–H groups in total. The van der Waals surface area contributed by atoms with E-state index in [0.717, 1.165) is 31.9 Å². The predicted octanol–water partition coefficient (Wildman–Crippen LogP) is 1.54. The molecular formula is C10H13ClN2O. The van der Waals surface area contributed by atoms with Crippen LogP contribution in [0.5, 0.6) is 5.75 Å². The van der Waals surface area contributed by atoms with Crippen molar-refractivity contribution in [1.82, 2.24) is 10.4 Å². The minimum Gasteiger partial charge on any atom is -0.406 e. The predicted molar refractivity (Wildman–Crippen MR) is 56.5 cm³/mol. The molecule has 4 heteroatoms. The molecule has 76 valence electrons. The molecule has 1 saturated heterocycles. The van der Waals surface area contributed by atoms with Crippen LogP contribution in [0.15, 0.2) is 24.3 Å². The van der Waals surface area contributed by atoms with Crippen LogP contribution in [0.1, 0.15) is 0 Å². The third kappa shape index (κ3) is 2.61. The fourth-order valence-corrected chi connectivity index (χ4v) is 1.59. The fourth-order valence-electron chi connectivity index (χ4n) is 1.41. The first-order valence-electron chi connectivity index (χ1n) is 4.74. The van der Waals surface area contributed by atoms with Gasteiger partial charge in [0, 0.05) is 37.3 Å². The summed E-state index contributed by atoms with van der Waals surface area (Å²) < 4.78 is 0. The van der Waals surface area contributed by atoms with Gasteiger partial charge in [-0.05, 0) is 12.1 Å². The summed E-state index contributed by atoms with van der Waals surface area (Å²) in [6.07, 6.45) is 0. The maximum absolute atomic E-state index is 5.85. The largest absolute Gasteiger partial charge is 0.406 e. The molecule has 0 amide bonds. The maximum atomic E-state index is 5.85. The van der Waals surface area contributed by atoms with E-state index in [1.807, 2.05) is 29.3 Å². The van der Waals surface area contributed by atoms with Gasteiger partial charge in [0.2, 0.25) is 0 Å². The Bertz CT molecular complexity index is 300. The average Bonchev–Trinajstić information content (AvgIpc) is 2.19. The maximum Gasteiger partial charge on any atom is 0.148 e. The number of nitrogens with zero attached hydrogens (tertiary/aromatic N) is 1. The fraction of sp³-hybridized carbons (Fsp3) is 0.400. The van der Waals surface area contributed by atoms with Crippen LogP contribution in [-0.4, -0.2) is 31.2 Å². The molecule has 1 aromatic carbocycles. The molecule has 0 saturated carbocycles. The zero-order chi connectivity index (χ0) is 9.80. The van der Waals surface area contributed by atoms with E-state index < -0.39 is 0 Å². The topological polar surface area (TPSA) is 24.5 Å². The van der Waals surface area contributed by atoms with Crippen molar-refractivity contribution in [2.75, 3.05) is 26.2 Å². The number of halogens is 1. The third-order valence-electron chi connectivity index (χ3n) is 2.11. The number of rotatable bonds is 2. The van der Waals surface area contributed by atoms with Crippen LogP contribution in [0, 0.1) is 0 Å². The van der Waals surface area contributed by atoms with Gasteiger partial charge in [-0.15, -0.1) is 5.06 Å². The number of hydroxylamine groups is 2. The number of hydrogen-bond acceptors (Lipinski definition) is 3. The Morgan fingerprint density at radius 3 is 2.79 bits per heavy atom. The molecular weight excluding hydrogens is 200 g/mol. The quantitative estimate of drug-likeness (QED) is 0.805. The van der Waals surface area contributed by atoms with E-state index in [2.05, 4.69) is 5.32 Å². The second kappa shape index (κ2) is 4.64. The van der Waals surface area contributed by atoms with Crippen molar-refractivity contribution in [1.29, 1.82) is 0 Å². The highest BCUT2D eigenvalue weighted by Crippen LogP contribution is 2.18. The highest BCUT2D eigenvalue weighted by Gasteiger charge is 2.10. The van der Waals surface area contributed by atoms with E-state index in [-0.39, 0.29) is 0 Å². The van der Waals surface area contributed by atoms with E-state index >= 15 is 0 Å². The monoisotopic (exact) mass is 212 g/mol. The van der Waals surface area contributed by atoms with E-state index in [9.17, 15) is 0 Å². The van der Waals surface area contributed by atoms with Crippen LogP contribution < -0.4 is 10.2 Å². The minimum atomic E-state index is 0.706. The average molecular weight is 213 g/mol. The Balaban J connectivity index is 1.95. The molecule has 2 rings (SSSR count). The van der Waals surface area contributed by atoms with Gasteiger partial charge in [-0.3, -0.25) is 0 Å². The number of piperazine rings is 1. The van der Waals surface area contributed by atoms with Gasteiger partial charge < -0.3 is 10.2 Å². The molecule has 0 bridgehead atoms. The Labute approximate surface area is 88.6 Å². The summed E-state index contributed by atoms with van der Waals surface area (Å²) in [6, 6.07) is 7.46. The standard InChI is InChI=1S/C10H13ClN2O/c11-9-2-1-3-10(8-9)14-13-6-4-12-5-7-13/h1-3,8,12H,4-7H2. The van der Waals surface area contributed by atoms with Crippen molar-refractivity contribution in [2.45, 2.75) is 0 Å². The summed E-state index contributed by atoms with van der Waals surface area (Å²) in [4.78, 5) is 5.64. The van der Waals surface area contributed by atoms with Gasteiger partial charge in [0.1, 0.15) is 5.75 Å². The van der Waals surface area contributed by atoms with Crippen LogP contribution >= 0.6 is 11.6 Å². The molecule has 1 fully saturated rings. The lowest BCUT2D eigenvalue weighted by Gasteiger charge is -2.26. The van der Waals surface area contributed by atoms with Gasteiger partial charge >= 0.3 is 0 Å². The molecule has 0 radical (unpaired) electrons. The first-order valence-corrected chi connectivity index (χ1v) is 5.11. The van der Waals surface area contributed by atoms with Gasteiger partial charge in [0.05, 0.1) is 0 Å². The molecule has 14 heavy (non-hydrogen) atoms. The summed E-state index contributed by atoms with van der Waals surface area (Å²) in [6.45, 7) is 3.76. The lowest BCUT2D eigenvalue weighted by molar-refractivity contribution is -0.0664. The van der Waals surface area contributed by atoms with Crippen molar-refractivity contribution in [3.63, 3.8) is 0 Å². The van der Waals surface area contributed by atoms with Crippen molar-refractivity contribution in [3.05, 3.63) is 29.3 Å². The van der Waals surface area contributed by atoms with Gasteiger partial charge in [0.25, 0.3) is 0 Å². The summed E-state index contributed by atoms with van der Waals surface area (Å²) >= 11 is 5.85. The van der Waals surface area contributed by atoms with Crippen LogP contribution in [0.2, 0.25) is 5.02 Å². The molecule has 1 aromatic rings. The second-order valence-corrected chi connectivity index (χ2v) is 3.66. The highest BCUT2D eigenvalue weighted by atomic mass is 35.5. The molecule has 0 unspecified atom stereocenters. The normalized spacial score (nSPS) is 18.1. The SMILES string of the molecule is Clc1cccc(ON2CCNCC2)c1. The number of hydrogen-bond donors (Lipinski definition) is 1. The van der Waals surface area contributed by atoms with Gasteiger partial charge in [-0.25, -0.2) is 0 Å². The lowest BCUT2D eigenvalue weighted by atomic mass is 10.3. The Hall–Kier alpha value is -0.770. The molecule has 0 spiro atoms. The Morgan fingerprint density at radius 2 is 2.07 bits per heavy atom. The van der Waals surface area contributed by atoms with Crippen molar-refractivity contribution in [2.24, 2.45) is 0 Å². The minimum absolute atomic E-state index is 0.706. The zero-order valence-corrected chi connectivity index (χ0v) is 8.63.